The molecule has 1 amide bonds. The summed E-state index contributed by atoms with van der Waals surface area (Å²) in [7, 11) is 1.92. The molecule has 0 fully saturated rings. The molecule has 2 heterocycles. The van der Waals surface area contributed by atoms with Crippen LogP contribution >= 0.6 is 0 Å². The van der Waals surface area contributed by atoms with Gasteiger partial charge in [0.1, 0.15) is 0 Å². The van der Waals surface area contributed by atoms with E-state index in [4.69, 9.17) is 0 Å². The average Bonchev–Trinajstić information content (AvgIpc) is 3.05. The van der Waals surface area contributed by atoms with Crippen molar-refractivity contribution in [3.05, 3.63) is 60.0 Å². The van der Waals surface area contributed by atoms with Crippen LogP contribution in [0, 0.1) is 0 Å². The van der Waals surface area contributed by atoms with E-state index >= 15 is 0 Å². The first-order chi connectivity index (χ1) is 9.75. The van der Waals surface area contributed by atoms with Gasteiger partial charge in [-0.1, -0.05) is 18.2 Å². The Morgan fingerprint density at radius 1 is 1.30 bits per heavy atom. The van der Waals surface area contributed by atoms with Crippen LogP contribution in [0.3, 0.4) is 0 Å². The number of hydrazone groups is 1. The molecule has 5 nitrogen and oxygen atoms in total. The fraction of sp³-hybridized carbons (Fsp3) is 0.0667. The van der Waals surface area contributed by atoms with Gasteiger partial charge in [-0.25, -0.2) is 5.43 Å². The van der Waals surface area contributed by atoms with Crippen molar-refractivity contribution in [3.63, 3.8) is 0 Å². The maximum absolute atomic E-state index is 12.1. The van der Waals surface area contributed by atoms with E-state index in [1.807, 2.05) is 54.2 Å². The van der Waals surface area contributed by atoms with E-state index < -0.39 is 0 Å². The van der Waals surface area contributed by atoms with Gasteiger partial charge >= 0.3 is 0 Å². The number of aryl methyl sites for hydroxylation is 1. The zero-order valence-corrected chi connectivity index (χ0v) is 11.0. The molecule has 0 saturated carbocycles. The Labute approximate surface area is 115 Å². The SMILES string of the molecule is Cn1cccc1/C=N/NC(=O)c1c[nH]c2ccccc12. The second kappa shape index (κ2) is 5.05. The van der Waals surface area contributed by atoms with Gasteiger partial charge in [0.05, 0.1) is 17.5 Å². The van der Waals surface area contributed by atoms with Crippen LogP contribution in [-0.4, -0.2) is 21.7 Å². The first kappa shape index (κ1) is 12.2. The summed E-state index contributed by atoms with van der Waals surface area (Å²) in [5, 5.41) is 4.87. The lowest BCUT2D eigenvalue weighted by Gasteiger charge is -1.98. The Bertz CT molecular complexity index is 782. The summed E-state index contributed by atoms with van der Waals surface area (Å²) in [6.45, 7) is 0. The number of H-pyrrole nitrogens is 1. The minimum absolute atomic E-state index is 0.229. The molecule has 3 aromatic rings. The predicted molar refractivity (Wildman–Crippen MR) is 78.8 cm³/mol. The highest BCUT2D eigenvalue weighted by molar-refractivity contribution is 6.06. The van der Waals surface area contributed by atoms with Gasteiger partial charge < -0.3 is 9.55 Å². The van der Waals surface area contributed by atoms with Crippen molar-refractivity contribution in [2.45, 2.75) is 0 Å². The van der Waals surface area contributed by atoms with Crippen molar-refractivity contribution in [1.29, 1.82) is 0 Å². The Hall–Kier alpha value is -2.82. The Morgan fingerprint density at radius 2 is 2.15 bits per heavy atom. The number of benzene rings is 1. The molecule has 0 bridgehead atoms. The van der Waals surface area contributed by atoms with Crippen LogP contribution in [0.4, 0.5) is 0 Å². The lowest BCUT2D eigenvalue weighted by Crippen LogP contribution is -2.17. The van der Waals surface area contributed by atoms with Crippen LogP contribution in [0.25, 0.3) is 10.9 Å². The van der Waals surface area contributed by atoms with Gasteiger partial charge in [0.15, 0.2) is 0 Å². The average molecular weight is 266 g/mol. The summed E-state index contributed by atoms with van der Waals surface area (Å²) in [5.41, 5.74) is 4.98. The van der Waals surface area contributed by atoms with Crippen molar-refractivity contribution < 1.29 is 4.79 Å². The predicted octanol–water partition coefficient (Wildman–Crippen LogP) is 2.27. The summed E-state index contributed by atoms with van der Waals surface area (Å²) in [4.78, 5) is 15.1. The minimum atomic E-state index is -0.229. The first-order valence-corrected chi connectivity index (χ1v) is 6.26. The fourth-order valence-electron chi connectivity index (χ4n) is 2.09. The largest absolute Gasteiger partial charge is 0.360 e. The number of nitrogens with one attached hydrogen (secondary N) is 2. The molecular formula is C15H14N4O. The quantitative estimate of drug-likeness (QED) is 0.554. The van der Waals surface area contributed by atoms with E-state index in [2.05, 4.69) is 15.5 Å². The molecule has 20 heavy (non-hydrogen) atoms. The molecule has 1 aromatic carbocycles. The minimum Gasteiger partial charge on any atom is -0.360 e. The molecule has 2 N–H and O–H groups in total. The third-order valence-electron chi connectivity index (χ3n) is 3.18. The lowest BCUT2D eigenvalue weighted by molar-refractivity contribution is 0.0957. The number of amides is 1. The fourth-order valence-corrected chi connectivity index (χ4v) is 2.09. The summed E-state index contributed by atoms with van der Waals surface area (Å²) < 4.78 is 1.92. The van der Waals surface area contributed by atoms with Crippen LogP contribution in [0.15, 0.2) is 53.9 Å². The van der Waals surface area contributed by atoms with E-state index in [1.54, 1.807) is 12.4 Å². The molecular weight excluding hydrogens is 252 g/mol. The topological polar surface area (TPSA) is 62.2 Å². The molecule has 0 aliphatic heterocycles. The molecule has 0 radical (unpaired) electrons. The van der Waals surface area contributed by atoms with E-state index in [9.17, 15) is 4.79 Å². The molecule has 0 aliphatic carbocycles. The molecule has 0 saturated heterocycles. The Balaban J connectivity index is 1.77. The van der Waals surface area contributed by atoms with Crippen molar-refractivity contribution >= 4 is 23.0 Å². The number of hydrogen-bond acceptors (Lipinski definition) is 2. The molecule has 0 atom stereocenters. The summed E-state index contributed by atoms with van der Waals surface area (Å²) in [6.07, 6.45) is 5.23. The van der Waals surface area contributed by atoms with Crippen LogP contribution in [0.2, 0.25) is 0 Å². The maximum Gasteiger partial charge on any atom is 0.273 e. The highest BCUT2D eigenvalue weighted by Gasteiger charge is 2.10. The lowest BCUT2D eigenvalue weighted by atomic mass is 10.2. The number of aromatic amines is 1. The highest BCUT2D eigenvalue weighted by Crippen LogP contribution is 2.17. The van der Waals surface area contributed by atoms with E-state index in [-0.39, 0.29) is 5.91 Å². The molecule has 5 heteroatoms. The van der Waals surface area contributed by atoms with Gasteiger partial charge in [-0.2, -0.15) is 5.10 Å². The number of rotatable bonds is 3. The second-order valence-corrected chi connectivity index (χ2v) is 4.49. The van der Waals surface area contributed by atoms with Crippen LogP contribution in [0.5, 0.6) is 0 Å². The molecule has 0 spiro atoms. The maximum atomic E-state index is 12.1. The summed E-state index contributed by atoms with van der Waals surface area (Å²) in [6, 6.07) is 11.5. The molecule has 0 aliphatic rings. The number of para-hydroxylation sites is 1. The van der Waals surface area contributed by atoms with Gasteiger partial charge in [-0.05, 0) is 18.2 Å². The zero-order chi connectivity index (χ0) is 13.9. The van der Waals surface area contributed by atoms with E-state index in [1.165, 1.54) is 0 Å². The van der Waals surface area contributed by atoms with E-state index in [0.29, 0.717) is 5.56 Å². The van der Waals surface area contributed by atoms with Gasteiger partial charge in [-0.15, -0.1) is 0 Å². The first-order valence-electron chi connectivity index (χ1n) is 6.26. The highest BCUT2D eigenvalue weighted by atomic mass is 16.2. The van der Waals surface area contributed by atoms with Crippen LogP contribution in [0.1, 0.15) is 16.1 Å². The summed E-state index contributed by atoms with van der Waals surface area (Å²) in [5.74, 6) is -0.229. The number of carbonyl (C=O) groups is 1. The van der Waals surface area contributed by atoms with Gasteiger partial charge in [0.25, 0.3) is 5.91 Å². The molecule has 3 rings (SSSR count). The smallest absolute Gasteiger partial charge is 0.273 e. The Kier molecular flexibility index (Phi) is 3.09. The van der Waals surface area contributed by atoms with Crippen LogP contribution in [-0.2, 0) is 7.05 Å². The van der Waals surface area contributed by atoms with Gasteiger partial charge in [-0.3, -0.25) is 4.79 Å². The number of hydrogen-bond donors (Lipinski definition) is 2. The molecule has 100 valence electrons. The second-order valence-electron chi connectivity index (χ2n) is 4.49. The number of aromatic nitrogens is 2. The molecule has 2 aromatic heterocycles. The van der Waals surface area contributed by atoms with E-state index in [0.717, 1.165) is 16.6 Å². The third kappa shape index (κ3) is 2.21. The van der Waals surface area contributed by atoms with Crippen LogP contribution < -0.4 is 5.43 Å². The standard InChI is InChI=1S/C15H14N4O/c1-19-8-4-5-11(19)9-17-18-15(20)13-10-16-14-7-3-2-6-12(13)14/h2-10,16H,1H3,(H,18,20)/b17-9+. The number of carbonyl (C=O) groups excluding carboxylic acids is 1. The summed E-state index contributed by atoms with van der Waals surface area (Å²) >= 11 is 0. The monoisotopic (exact) mass is 266 g/mol. The van der Waals surface area contributed by atoms with Crippen molar-refractivity contribution in [2.75, 3.05) is 0 Å². The van der Waals surface area contributed by atoms with Gasteiger partial charge in [0.2, 0.25) is 0 Å². The number of nitrogens with zero attached hydrogens (tertiary/aromatic N) is 2. The van der Waals surface area contributed by atoms with Crippen molar-refractivity contribution in [2.24, 2.45) is 12.1 Å². The molecule has 0 unspecified atom stereocenters. The Morgan fingerprint density at radius 3 is 2.95 bits per heavy atom. The zero-order valence-electron chi connectivity index (χ0n) is 11.0. The van der Waals surface area contributed by atoms with Gasteiger partial charge in [0, 0.05) is 30.3 Å². The van der Waals surface area contributed by atoms with Crippen molar-refractivity contribution in [3.8, 4) is 0 Å². The van der Waals surface area contributed by atoms with Crippen molar-refractivity contribution in [1.82, 2.24) is 15.0 Å². The normalized spacial score (nSPS) is 11.2. The number of fused-ring (bicyclic) bond motifs is 1. The third-order valence-corrected chi connectivity index (χ3v) is 3.18.